The highest BCUT2D eigenvalue weighted by atomic mass is 16.5. The molecule has 66 valence electrons. The maximum atomic E-state index is 5.22. The number of ether oxygens (including phenoxy) is 1. The molecule has 0 aliphatic rings. The lowest BCUT2D eigenvalue weighted by Gasteiger charge is -2.07. The molecule has 0 bridgehead atoms. The molecule has 1 aromatic rings. The molecule has 0 aliphatic heterocycles. The summed E-state index contributed by atoms with van der Waals surface area (Å²) in [5.74, 6) is 0.966. The standard InChI is InChI=1S/C10H15NO/c1-8(11)7-9-5-3-4-6-10(9)12-2/h3-6,8H,7,11H2,1-2H3/p+1/t8-/m1/s1. The highest BCUT2D eigenvalue weighted by molar-refractivity contribution is 5.33. The number of para-hydroxylation sites is 1. The third kappa shape index (κ3) is 2.24. The zero-order valence-corrected chi connectivity index (χ0v) is 7.71. The van der Waals surface area contributed by atoms with E-state index in [0.29, 0.717) is 6.04 Å². The molecule has 0 saturated heterocycles. The number of rotatable bonds is 3. The summed E-state index contributed by atoms with van der Waals surface area (Å²) in [4.78, 5) is 0. The van der Waals surface area contributed by atoms with Crippen molar-refractivity contribution in [3.05, 3.63) is 29.8 Å². The average Bonchev–Trinajstić information content (AvgIpc) is 2.04. The minimum atomic E-state index is 0.432. The van der Waals surface area contributed by atoms with Gasteiger partial charge in [0.1, 0.15) is 5.75 Å². The summed E-state index contributed by atoms with van der Waals surface area (Å²) in [7, 11) is 1.70. The van der Waals surface area contributed by atoms with Crippen LogP contribution in [0.5, 0.6) is 5.75 Å². The lowest BCUT2D eigenvalue weighted by Crippen LogP contribution is -2.60. The first-order chi connectivity index (χ1) is 5.74. The van der Waals surface area contributed by atoms with Crippen LogP contribution in [-0.4, -0.2) is 13.2 Å². The second-order valence-corrected chi connectivity index (χ2v) is 3.12. The summed E-state index contributed by atoms with van der Waals surface area (Å²) >= 11 is 0. The molecule has 0 spiro atoms. The number of hydrogen-bond acceptors (Lipinski definition) is 1. The Bertz CT molecular complexity index is 245. The molecule has 2 heteroatoms. The van der Waals surface area contributed by atoms with E-state index in [1.807, 2.05) is 18.2 Å². The van der Waals surface area contributed by atoms with E-state index < -0.39 is 0 Å². The molecule has 12 heavy (non-hydrogen) atoms. The number of quaternary nitrogens is 1. The van der Waals surface area contributed by atoms with Crippen LogP contribution in [0.3, 0.4) is 0 Å². The molecule has 0 heterocycles. The lowest BCUT2D eigenvalue weighted by atomic mass is 10.1. The summed E-state index contributed by atoms with van der Waals surface area (Å²) < 4.78 is 5.22. The van der Waals surface area contributed by atoms with Crippen LogP contribution in [-0.2, 0) is 6.42 Å². The van der Waals surface area contributed by atoms with E-state index >= 15 is 0 Å². The van der Waals surface area contributed by atoms with E-state index in [4.69, 9.17) is 4.74 Å². The van der Waals surface area contributed by atoms with Crippen LogP contribution in [0.15, 0.2) is 24.3 Å². The fourth-order valence-electron chi connectivity index (χ4n) is 1.25. The Morgan fingerprint density at radius 2 is 2.08 bits per heavy atom. The van der Waals surface area contributed by atoms with Crippen LogP contribution >= 0.6 is 0 Å². The van der Waals surface area contributed by atoms with Crippen molar-refractivity contribution in [3.63, 3.8) is 0 Å². The number of benzene rings is 1. The van der Waals surface area contributed by atoms with Gasteiger partial charge in [0.25, 0.3) is 0 Å². The van der Waals surface area contributed by atoms with Crippen LogP contribution in [0.1, 0.15) is 12.5 Å². The van der Waals surface area contributed by atoms with Crippen molar-refractivity contribution in [2.75, 3.05) is 7.11 Å². The molecule has 0 fully saturated rings. The van der Waals surface area contributed by atoms with Gasteiger partial charge in [0, 0.05) is 6.42 Å². The lowest BCUT2D eigenvalue weighted by molar-refractivity contribution is -0.413. The predicted octanol–water partition coefficient (Wildman–Crippen LogP) is 0.868. The van der Waals surface area contributed by atoms with E-state index in [2.05, 4.69) is 18.7 Å². The molecule has 1 atom stereocenters. The topological polar surface area (TPSA) is 36.9 Å². The van der Waals surface area contributed by atoms with Gasteiger partial charge < -0.3 is 10.5 Å². The summed E-state index contributed by atoms with van der Waals surface area (Å²) in [6.45, 7) is 2.10. The maximum absolute atomic E-state index is 5.22. The summed E-state index contributed by atoms with van der Waals surface area (Å²) in [5, 5.41) is 0. The molecule has 2 nitrogen and oxygen atoms in total. The van der Waals surface area contributed by atoms with Gasteiger partial charge in [0.2, 0.25) is 0 Å². The molecule has 3 N–H and O–H groups in total. The van der Waals surface area contributed by atoms with Gasteiger partial charge in [-0.3, -0.25) is 0 Å². The first-order valence-electron chi connectivity index (χ1n) is 4.19. The number of methoxy groups -OCH3 is 1. The molecule has 0 saturated carbocycles. The van der Waals surface area contributed by atoms with Gasteiger partial charge in [-0.1, -0.05) is 18.2 Å². The largest absolute Gasteiger partial charge is 0.496 e. The summed E-state index contributed by atoms with van der Waals surface area (Å²) in [5.41, 5.74) is 5.19. The van der Waals surface area contributed by atoms with Gasteiger partial charge >= 0.3 is 0 Å². The molecule has 0 unspecified atom stereocenters. The minimum Gasteiger partial charge on any atom is -0.496 e. The van der Waals surface area contributed by atoms with Crippen LogP contribution in [0.25, 0.3) is 0 Å². The van der Waals surface area contributed by atoms with E-state index in [-0.39, 0.29) is 0 Å². The molecule has 0 aliphatic carbocycles. The smallest absolute Gasteiger partial charge is 0.122 e. The second kappa shape index (κ2) is 4.12. The SMILES string of the molecule is COc1ccccc1C[C@@H](C)[NH3+]. The Morgan fingerprint density at radius 1 is 1.42 bits per heavy atom. The van der Waals surface area contributed by atoms with Crippen LogP contribution in [0.4, 0.5) is 0 Å². The molecule has 1 aromatic carbocycles. The highest BCUT2D eigenvalue weighted by Crippen LogP contribution is 2.17. The van der Waals surface area contributed by atoms with Crippen molar-refractivity contribution < 1.29 is 10.5 Å². The van der Waals surface area contributed by atoms with Crippen LogP contribution < -0.4 is 10.5 Å². The molecular formula is C10H16NO+. The van der Waals surface area contributed by atoms with Crippen molar-refractivity contribution in [2.24, 2.45) is 0 Å². The molecule has 0 radical (unpaired) electrons. The minimum absolute atomic E-state index is 0.432. The Morgan fingerprint density at radius 3 is 2.67 bits per heavy atom. The van der Waals surface area contributed by atoms with Gasteiger partial charge in [-0.25, -0.2) is 0 Å². The third-order valence-corrected chi connectivity index (χ3v) is 1.76. The average molecular weight is 166 g/mol. The van der Waals surface area contributed by atoms with Gasteiger partial charge in [-0.15, -0.1) is 0 Å². The van der Waals surface area contributed by atoms with Crippen molar-refractivity contribution in [1.82, 2.24) is 0 Å². The van der Waals surface area contributed by atoms with E-state index in [0.717, 1.165) is 12.2 Å². The Labute approximate surface area is 73.3 Å². The van der Waals surface area contributed by atoms with E-state index in [9.17, 15) is 0 Å². The highest BCUT2D eigenvalue weighted by Gasteiger charge is 2.05. The fraction of sp³-hybridized carbons (Fsp3) is 0.400. The quantitative estimate of drug-likeness (QED) is 0.710. The van der Waals surface area contributed by atoms with Gasteiger partial charge in [-0.2, -0.15) is 0 Å². The molecule has 0 amide bonds. The number of hydrogen-bond donors (Lipinski definition) is 1. The van der Waals surface area contributed by atoms with Gasteiger partial charge in [-0.05, 0) is 18.6 Å². The monoisotopic (exact) mass is 166 g/mol. The molecular weight excluding hydrogens is 150 g/mol. The summed E-state index contributed by atoms with van der Waals surface area (Å²) in [6.07, 6.45) is 0.976. The van der Waals surface area contributed by atoms with Crippen molar-refractivity contribution in [3.8, 4) is 5.75 Å². The van der Waals surface area contributed by atoms with Crippen LogP contribution in [0.2, 0.25) is 0 Å². The molecule has 0 aromatic heterocycles. The van der Waals surface area contributed by atoms with Gasteiger partial charge in [0.05, 0.1) is 13.2 Å². The first-order valence-corrected chi connectivity index (χ1v) is 4.19. The zero-order chi connectivity index (χ0) is 8.97. The zero-order valence-electron chi connectivity index (χ0n) is 7.71. The Hall–Kier alpha value is -1.02. The van der Waals surface area contributed by atoms with Crippen molar-refractivity contribution in [2.45, 2.75) is 19.4 Å². The normalized spacial score (nSPS) is 12.6. The Kier molecular flexibility index (Phi) is 3.11. The van der Waals surface area contributed by atoms with E-state index in [1.54, 1.807) is 7.11 Å². The maximum Gasteiger partial charge on any atom is 0.122 e. The third-order valence-electron chi connectivity index (χ3n) is 1.76. The second-order valence-electron chi connectivity index (χ2n) is 3.12. The summed E-state index contributed by atoms with van der Waals surface area (Å²) in [6, 6.07) is 8.51. The fourth-order valence-corrected chi connectivity index (χ4v) is 1.25. The van der Waals surface area contributed by atoms with Crippen LogP contribution in [0, 0.1) is 0 Å². The molecule has 1 rings (SSSR count). The van der Waals surface area contributed by atoms with Gasteiger partial charge in [0.15, 0.2) is 0 Å². The predicted molar refractivity (Wildman–Crippen MR) is 49.0 cm³/mol. The first kappa shape index (κ1) is 9.07. The van der Waals surface area contributed by atoms with Crippen molar-refractivity contribution in [1.29, 1.82) is 0 Å². The van der Waals surface area contributed by atoms with E-state index in [1.165, 1.54) is 5.56 Å². The van der Waals surface area contributed by atoms with Crippen molar-refractivity contribution >= 4 is 0 Å². The Balaban J connectivity index is 2.82.